The lowest BCUT2D eigenvalue weighted by Crippen LogP contribution is -3.00. The molecule has 0 amide bonds. The molecule has 0 spiro atoms. The molecule has 4 rings (SSSR count). The third-order valence-corrected chi connectivity index (χ3v) is 5.08. The van der Waals surface area contributed by atoms with Gasteiger partial charge in [0, 0.05) is 35.2 Å². The molecular formula is C24H26Br2N2. The highest BCUT2D eigenvalue weighted by atomic mass is 79.9. The highest BCUT2D eigenvalue weighted by molar-refractivity contribution is 8.93. The number of pyridine rings is 2. The van der Waals surface area contributed by atoms with E-state index in [9.17, 15) is 0 Å². The Kier molecular flexibility index (Phi) is 9.07. The standard InChI is InChI=1S/C24H25N2.2BrH/c1(3-13-24-23-12-7-6-10-21(23)14-16-25-24)2-8-17-26-18-15-20-9-4-5-11-22(20)19-26;;/h4-7,9-12,14-16,18-19H,1-3,8,13,17H2;2*1H/q+1;;/p-1. The Morgan fingerprint density at radius 1 is 0.714 bits per heavy atom. The van der Waals surface area contributed by atoms with Gasteiger partial charge in [0.05, 0.1) is 0 Å². The number of hydrogen-bond donors (Lipinski definition) is 0. The van der Waals surface area contributed by atoms with Crippen molar-refractivity contribution in [2.45, 2.75) is 38.6 Å². The van der Waals surface area contributed by atoms with Crippen LogP contribution >= 0.6 is 17.0 Å². The zero-order valence-electron chi connectivity index (χ0n) is 15.9. The minimum absolute atomic E-state index is 0. The van der Waals surface area contributed by atoms with Gasteiger partial charge in [0.2, 0.25) is 0 Å². The number of nitrogens with zero attached hydrogens (tertiary/aromatic N) is 2. The first-order chi connectivity index (χ1) is 12.9. The predicted molar refractivity (Wildman–Crippen MR) is 118 cm³/mol. The van der Waals surface area contributed by atoms with E-state index in [2.05, 4.69) is 82.6 Å². The molecule has 0 unspecified atom stereocenters. The van der Waals surface area contributed by atoms with Crippen LogP contribution in [0.25, 0.3) is 21.5 Å². The summed E-state index contributed by atoms with van der Waals surface area (Å²) in [5.74, 6) is 0. The first-order valence-corrected chi connectivity index (χ1v) is 9.61. The fourth-order valence-electron chi connectivity index (χ4n) is 3.64. The summed E-state index contributed by atoms with van der Waals surface area (Å²) in [7, 11) is 0. The van der Waals surface area contributed by atoms with Crippen LogP contribution in [0.2, 0.25) is 0 Å². The van der Waals surface area contributed by atoms with Gasteiger partial charge in [-0.05, 0) is 42.2 Å². The van der Waals surface area contributed by atoms with Gasteiger partial charge >= 0.3 is 0 Å². The smallest absolute Gasteiger partial charge is 0.176 e. The van der Waals surface area contributed by atoms with Crippen LogP contribution in [-0.2, 0) is 13.0 Å². The highest BCUT2D eigenvalue weighted by Gasteiger charge is 2.04. The molecule has 146 valence electrons. The van der Waals surface area contributed by atoms with Gasteiger partial charge < -0.3 is 17.0 Å². The first-order valence-electron chi connectivity index (χ1n) is 9.61. The number of aromatic nitrogens is 2. The summed E-state index contributed by atoms with van der Waals surface area (Å²) in [6.45, 7) is 1.09. The van der Waals surface area contributed by atoms with Crippen molar-refractivity contribution in [2.24, 2.45) is 0 Å². The maximum atomic E-state index is 4.60. The molecule has 0 radical (unpaired) electrons. The average Bonchev–Trinajstić information content (AvgIpc) is 2.70. The van der Waals surface area contributed by atoms with Crippen LogP contribution in [0.5, 0.6) is 0 Å². The number of aryl methyl sites for hydroxylation is 2. The molecule has 0 aliphatic rings. The molecule has 2 aromatic heterocycles. The van der Waals surface area contributed by atoms with E-state index in [0.29, 0.717) is 0 Å². The van der Waals surface area contributed by atoms with Crippen molar-refractivity contribution in [1.82, 2.24) is 4.98 Å². The Morgan fingerprint density at radius 2 is 1.43 bits per heavy atom. The van der Waals surface area contributed by atoms with Crippen LogP contribution in [0.3, 0.4) is 0 Å². The monoisotopic (exact) mass is 500 g/mol. The van der Waals surface area contributed by atoms with Gasteiger partial charge in [0.15, 0.2) is 12.4 Å². The molecule has 0 N–H and O–H groups in total. The fourth-order valence-corrected chi connectivity index (χ4v) is 3.64. The van der Waals surface area contributed by atoms with Gasteiger partial charge in [-0.1, -0.05) is 48.9 Å². The summed E-state index contributed by atoms with van der Waals surface area (Å²) >= 11 is 0. The van der Waals surface area contributed by atoms with E-state index in [1.807, 2.05) is 6.20 Å². The lowest BCUT2D eigenvalue weighted by molar-refractivity contribution is -0.696. The van der Waals surface area contributed by atoms with Crippen molar-refractivity contribution in [2.75, 3.05) is 0 Å². The molecule has 0 aliphatic carbocycles. The summed E-state index contributed by atoms with van der Waals surface area (Å²) in [5, 5.41) is 5.23. The van der Waals surface area contributed by atoms with Gasteiger partial charge in [-0.15, -0.1) is 17.0 Å². The quantitative estimate of drug-likeness (QED) is 0.281. The minimum atomic E-state index is 0. The second kappa shape index (κ2) is 11.3. The van der Waals surface area contributed by atoms with Crippen molar-refractivity contribution in [3.63, 3.8) is 0 Å². The maximum absolute atomic E-state index is 4.60. The highest BCUT2D eigenvalue weighted by Crippen LogP contribution is 2.18. The summed E-state index contributed by atoms with van der Waals surface area (Å²) in [6.07, 6.45) is 12.4. The SMILES string of the molecule is Br.[Br-].c1ccc2c[n+](CCCCCCc3nccc4ccccc34)ccc2c1. The van der Waals surface area contributed by atoms with Gasteiger partial charge in [-0.25, -0.2) is 4.57 Å². The van der Waals surface area contributed by atoms with Crippen LogP contribution in [0.1, 0.15) is 31.4 Å². The van der Waals surface area contributed by atoms with Crippen molar-refractivity contribution in [3.8, 4) is 0 Å². The molecule has 2 heterocycles. The topological polar surface area (TPSA) is 16.8 Å². The van der Waals surface area contributed by atoms with Crippen LogP contribution < -0.4 is 21.5 Å². The van der Waals surface area contributed by atoms with Gasteiger partial charge in [-0.2, -0.15) is 0 Å². The number of benzene rings is 2. The summed E-state index contributed by atoms with van der Waals surface area (Å²) < 4.78 is 2.31. The van der Waals surface area contributed by atoms with E-state index < -0.39 is 0 Å². The van der Waals surface area contributed by atoms with Crippen molar-refractivity contribution >= 4 is 38.5 Å². The summed E-state index contributed by atoms with van der Waals surface area (Å²) in [6, 6.07) is 21.4. The normalized spacial score (nSPS) is 10.4. The zero-order chi connectivity index (χ0) is 17.6. The lowest BCUT2D eigenvalue weighted by atomic mass is 10.0. The third-order valence-electron chi connectivity index (χ3n) is 5.08. The van der Waals surface area contributed by atoms with Gasteiger partial charge in [-0.3, -0.25) is 4.98 Å². The molecule has 2 nitrogen and oxygen atoms in total. The summed E-state index contributed by atoms with van der Waals surface area (Å²) in [4.78, 5) is 4.60. The number of unbranched alkanes of at least 4 members (excludes halogenated alkanes) is 3. The Hall–Kier alpha value is -1.78. The molecule has 0 fully saturated rings. The summed E-state index contributed by atoms with van der Waals surface area (Å²) in [5.41, 5.74) is 1.24. The van der Waals surface area contributed by atoms with E-state index in [1.165, 1.54) is 52.9 Å². The molecule has 0 bridgehead atoms. The average molecular weight is 502 g/mol. The molecule has 0 saturated carbocycles. The van der Waals surface area contributed by atoms with E-state index in [0.717, 1.165) is 13.0 Å². The molecule has 0 atom stereocenters. The lowest BCUT2D eigenvalue weighted by Gasteiger charge is -2.05. The Labute approximate surface area is 188 Å². The molecule has 28 heavy (non-hydrogen) atoms. The van der Waals surface area contributed by atoms with Crippen LogP contribution in [0, 0.1) is 0 Å². The second-order valence-corrected chi connectivity index (χ2v) is 6.95. The largest absolute Gasteiger partial charge is 1.00 e. The van der Waals surface area contributed by atoms with Crippen LogP contribution in [-0.4, -0.2) is 4.98 Å². The van der Waals surface area contributed by atoms with E-state index in [4.69, 9.17) is 0 Å². The predicted octanol–water partition coefficient (Wildman–Crippen LogP) is 3.06. The number of hydrogen-bond acceptors (Lipinski definition) is 1. The van der Waals surface area contributed by atoms with E-state index in [1.54, 1.807) is 0 Å². The Morgan fingerprint density at radius 3 is 2.29 bits per heavy atom. The van der Waals surface area contributed by atoms with E-state index in [-0.39, 0.29) is 34.0 Å². The third kappa shape index (κ3) is 5.62. The van der Waals surface area contributed by atoms with Crippen molar-refractivity contribution in [1.29, 1.82) is 0 Å². The Bertz CT molecular complexity index is 1010. The molecule has 0 aliphatic heterocycles. The fraction of sp³-hybridized carbons (Fsp3) is 0.250. The molecule has 0 saturated heterocycles. The van der Waals surface area contributed by atoms with Crippen LogP contribution in [0.15, 0.2) is 79.3 Å². The molecular weight excluding hydrogens is 476 g/mol. The minimum Gasteiger partial charge on any atom is -1.00 e. The number of halogens is 2. The number of rotatable bonds is 7. The second-order valence-electron chi connectivity index (χ2n) is 6.95. The van der Waals surface area contributed by atoms with Crippen LogP contribution in [0.4, 0.5) is 0 Å². The molecule has 4 heteroatoms. The number of fused-ring (bicyclic) bond motifs is 2. The van der Waals surface area contributed by atoms with Gasteiger partial charge in [0.1, 0.15) is 6.54 Å². The molecule has 2 aromatic carbocycles. The Balaban J connectivity index is 0.00000140. The first kappa shape index (κ1) is 22.5. The van der Waals surface area contributed by atoms with E-state index >= 15 is 0 Å². The maximum Gasteiger partial charge on any atom is 0.176 e. The van der Waals surface area contributed by atoms with Crippen molar-refractivity contribution < 1.29 is 21.5 Å². The van der Waals surface area contributed by atoms with Gasteiger partial charge in [0.25, 0.3) is 0 Å². The van der Waals surface area contributed by atoms with Crippen molar-refractivity contribution in [3.05, 3.63) is 84.9 Å². The zero-order valence-corrected chi connectivity index (χ0v) is 19.2. The molecule has 4 aromatic rings.